The SMILES string of the molecule is Cc1ccc(S(=O)(=O)n2ccc3cccnc32)cc1.c1cnc2[nH]ccc2c1. The van der Waals surface area contributed by atoms with Crippen molar-refractivity contribution in [3.05, 3.63) is 91.0 Å². The Kier molecular flexibility index (Phi) is 4.67. The lowest BCUT2D eigenvalue weighted by atomic mass is 10.2. The van der Waals surface area contributed by atoms with Gasteiger partial charge in [0.15, 0.2) is 5.65 Å². The Labute approximate surface area is 162 Å². The van der Waals surface area contributed by atoms with Crippen LogP contribution in [0.5, 0.6) is 0 Å². The number of nitrogens with zero attached hydrogens (tertiary/aromatic N) is 3. The topological polar surface area (TPSA) is 80.6 Å². The third-order valence-corrected chi connectivity index (χ3v) is 6.00. The predicted molar refractivity (Wildman–Crippen MR) is 110 cm³/mol. The average Bonchev–Trinajstić information content (AvgIpc) is 3.36. The summed E-state index contributed by atoms with van der Waals surface area (Å²) in [5.74, 6) is 0. The van der Waals surface area contributed by atoms with E-state index in [1.165, 1.54) is 10.2 Å². The van der Waals surface area contributed by atoms with Crippen LogP contribution in [-0.2, 0) is 10.0 Å². The van der Waals surface area contributed by atoms with Crippen molar-refractivity contribution in [3.8, 4) is 0 Å². The summed E-state index contributed by atoms with van der Waals surface area (Å²) >= 11 is 0. The molecule has 0 saturated heterocycles. The van der Waals surface area contributed by atoms with E-state index in [9.17, 15) is 8.42 Å². The van der Waals surface area contributed by atoms with Gasteiger partial charge >= 0.3 is 0 Å². The van der Waals surface area contributed by atoms with Gasteiger partial charge in [-0.25, -0.2) is 22.4 Å². The van der Waals surface area contributed by atoms with Crippen molar-refractivity contribution in [2.45, 2.75) is 11.8 Å². The van der Waals surface area contributed by atoms with Gasteiger partial charge in [0.1, 0.15) is 5.65 Å². The third-order valence-electron chi connectivity index (χ3n) is 4.31. The summed E-state index contributed by atoms with van der Waals surface area (Å²) in [6.07, 6.45) is 6.78. The van der Waals surface area contributed by atoms with E-state index in [2.05, 4.69) is 15.0 Å². The summed E-state index contributed by atoms with van der Waals surface area (Å²) in [5.41, 5.74) is 2.43. The molecular formula is C21H18N4O2S. The highest BCUT2D eigenvalue weighted by molar-refractivity contribution is 7.90. The van der Waals surface area contributed by atoms with Gasteiger partial charge in [0.05, 0.1) is 4.90 Å². The number of aromatic amines is 1. The fourth-order valence-electron chi connectivity index (χ4n) is 2.84. The zero-order chi connectivity index (χ0) is 19.6. The van der Waals surface area contributed by atoms with Crippen LogP contribution >= 0.6 is 0 Å². The molecule has 1 aromatic carbocycles. The minimum atomic E-state index is -3.58. The maximum Gasteiger partial charge on any atom is 0.269 e. The molecule has 0 bridgehead atoms. The molecule has 0 radical (unpaired) electrons. The summed E-state index contributed by atoms with van der Waals surface area (Å²) < 4.78 is 26.3. The Balaban J connectivity index is 0.000000177. The molecule has 0 amide bonds. The first kappa shape index (κ1) is 17.9. The highest BCUT2D eigenvalue weighted by atomic mass is 32.2. The molecule has 0 spiro atoms. The highest BCUT2D eigenvalue weighted by Gasteiger charge is 2.18. The number of pyridine rings is 2. The van der Waals surface area contributed by atoms with Crippen molar-refractivity contribution in [2.75, 3.05) is 0 Å². The van der Waals surface area contributed by atoms with Crippen LogP contribution in [0.2, 0.25) is 0 Å². The lowest BCUT2D eigenvalue weighted by molar-refractivity contribution is 0.588. The molecule has 0 aliphatic heterocycles. The molecule has 0 atom stereocenters. The number of fused-ring (bicyclic) bond motifs is 2. The maximum atomic E-state index is 12.5. The number of nitrogens with one attached hydrogen (secondary N) is 1. The zero-order valence-corrected chi connectivity index (χ0v) is 16.0. The molecule has 4 heterocycles. The van der Waals surface area contributed by atoms with E-state index in [1.54, 1.807) is 48.8 Å². The summed E-state index contributed by atoms with van der Waals surface area (Å²) in [6.45, 7) is 1.92. The van der Waals surface area contributed by atoms with Gasteiger partial charge in [-0.3, -0.25) is 0 Å². The summed E-state index contributed by atoms with van der Waals surface area (Å²) in [7, 11) is -3.58. The molecule has 7 heteroatoms. The quantitative estimate of drug-likeness (QED) is 0.491. The Hall–Kier alpha value is -3.45. The minimum absolute atomic E-state index is 0.265. The van der Waals surface area contributed by atoms with Gasteiger partial charge in [0.2, 0.25) is 0 Å². The van der Waals surface area contributed by atoms with Crippen LogP contribution in [0.3, 0.4) is 0 Å². The van der Waals surface area contributed by atoms with E-state index in [1.807, 2.05) is 37.4 Å². The molecule has 5 rings (SSSR count). The van der Waals surface area contributed by atoms with E-state index in [4.69, 9.17) is 0 Å². The van der Waals surface area contributed by atoms with Crippen LogP contribution < -0.4 is 0 Å². The van der Waals surface area contributed by atoms with Crippen molar-refractivity contribution < 1.29 is 8.42 Å². The first-order valence-corrected chi connectivity index (χ1v) is 10.1. The average molecular weight is 390 g/mol. The number of hydrogen-bond donors (Lipinski definition) is 1. The number of benzene rings is 1. The standard InChI is InChI=1S/C14H12N2O2S.C7H6N2/c1-11-4-6-13(7-5-11)19(17,18)16-10-8-12-3-2-9-15-14(12)16;1-2-6-3-5-9-7(6)8-4-1/h2-10H,1H3;1-5H,(H,8,9). The minimum Gasteiger partial charge on any atom is -0.346 e. The highest BCUT2D eigenvalue weighted by Crippen LogP contribution is 2.20. The van der Waals surface area contributed by atoms with E-state index in [-0.39, 0.29) is 4.90 Å². The Morgan fingerprint density at radius 1 is 0.857 bits per heavy atom. The fraction of sp³-hybridized carbons (Fsp3) is 0.0476. The molecule has 4 aromatic heterocycles. The molecule has 0 aliphatic rings. The van der Waals surface area contributed by atoms with Crippen LogP contribution in [0.1, 0.15) is 5.56 Å². The second kappa shape index (κ2) is 7.28. The van der Waals surface area contributed by atoms with E-state index in [0.29, 0.717) is 5.65 Å². The van der Waals surface area contributed by atoms with Crippen LogP contribution in [0.15, 0.2) is 90.3 Å². The number of rotatable bonds is 2. The van der Waals surface area contributed by atoms with Crippen molar-refractivity contribution in [1.82, 2.24) is 18.9 Å². The lowest BCUT2D eigenvalue weighted by Gasteiger charge is -2.07. The Morgan fingerprint density at radius 2 is 1.57 bits per heavy atom. The van der Waals surface area contributed by atoms with Crippen molar-refractivity contribution in [3.63, 3.8) is 0 Å². The van der Waals surface area contributed by atoms with Gasteiger partial charge < -0.3 is 4.98 Å². The smallest absolute Gasteiger partial charge is 0.269 e. The number of aryl methyl sites for hydroxylation is 1. The van der Waals surface area contributed by atoms with Crippen molar-refractivity contribution >= 4 is 32.1 Å². The molecule has 0 saturated carbocycles. The van der Waals surface area contributed by atoms with Gasteiger partial charge in [-0.05, 0) is 55.5 Å². The summed E-state index contributed by atoms with van der Waals surface area (Å²) in [6, 6.07) is 18.1. The second-order valence-corrected chi connectivity index (χ2v) is 8.08. The van der Waals surface area contributed by atoms with Gasteiger partial charge in [0, 0.05) is 35.6 Å². The molecule has 0 unspecified atom stereocenters. The molecule has 0 fully saturated rings. The first-order chi connectivity index (χ1) is 13.6. The largest absolute Gasteiger partial charge is 0.346 e. The summed E-state index contributed by atoms with van der Waals surface area (Å²) in [5, 5.41) is 1.97. The molecule has 140 valence electrons. The Bertz CT molecular complexity index is 1310. The van der Waals surface area contributed by atoms with Gasteiger partial charge in [-0.15, -0.1) is 0 Å². The fourth-order valence-corrected chi connectivity index (χ4v) is 4.15. The molecular weight excluding hydrogens is 372 g/mol. The van der Waals surface area contributed by atoms with Gasteiger partial charge in [0.25, 0.3) is 10.0 Å². The maximum absolute atomic E-state index is 12.5. The lowest BCUT2D eigenvalue weighted by Crippen LogP contribution is -2.12. The summed E-state index contributed by atoms with van der Waals surface area (Å²) in [4.78, 5) is 11.5. The molecule has 6 nitrogen and oxygen atoms in total. The second-order valence-electron chi connectivity index (χ2n) is 6.26. The normalized spacial score (nSPS) is 11.3. The predicted octanol–water partition coefficient (Wildman–Crippen LogP) is 4.14. The van der Waals surface area contributed by atoms with Gasteiger partial charge in [-0.1, -0.05) is 17.7 Å². The van der Waals surface area contributed by atoms with Gasteiger partial charge in [-0.2, -0.15) is 0 Å². The molecule has 0 aliphatic carbocycles. The molecule has 28 heavy (non-hydrogen) atoms. The molecule has 5 aromatic rings. The number of H-pyrrole nitrogens is 1. The monoisotopic (exact) mass is 390 g/mol. The van der Waals surface area contributed by atoms with Crippen molar-refractivity contribution in [1.29, 1.82) is 0 Å². The first-order valence-electron chi connectivity index (χ1n) is 8.68. The number of aromatic nitrogens is 4. The van der Waals surface area contributed by atoms with Crippen LogP contribution in [0.4, 0.5) is 0 Å². The van der Waals surface area contributed by atoms with Crippen LogP contribution in [0, 0.1) is 6.92 Å². The third kappa shape index (κ3) is 3.39. The van der Waals surface area contributed by atoms with Crippen molar-refractivity contribution in [2.24, 2.45) is 0 Å². The van der Waals surface area contributed by atoms with E-state index >= 15 is 0 Å². The van der Waals surface area contributed by atoms with E-state index < -0.39 is 10.0 Å². The Morgan fingerprint density at radius 3 is 2.32 bits per heavy atom. The van der Waals surface area contributed by atoms with Crippen LogP contribution in [0.25, 0.3) is 22.1 Å². The van der Waals surface area contributed by atoms with E-state index in [0.717, 1.165) is 22.0 Å². The number of hydrogen-bond acceptors (Lipinski definition) is 4. The van der Waals surface area contributed by atoms with Crippen LogP contribution in [-0.4, -0.2) is 27.3 Å². The molecule has 1 N–H and O–H groups in total. The zero-order valence-electron chi connectivity index (χ0n) is 15.1.